The van der Waals surface area contributed by atoms with Gasteiger partial charge < -0.3 is 30.3 Å². The minimum absolute atomic E-state index is 0.0883. The lowest BCUT2D eigenvalue weighted by atomic mass is 9.50. The van der Waals surface area contributed by atoms with Crippen LogP contribution < -0.4 is 0 Å². The van der Waals surface area contributed by atoms with E-state index in [2.05, 4.69) is 38.8 Å². The molecule has 66 heavy (non-hydrogen) atoms. The number of fused-ring (bicyclic) bond motifs is 15. The molecular formula is C58H76O8. The zero-order valence-electron chi connectivity index (χ0n) is 40.0. The second kappa shape index (κ2) is 17.1. The molecule has 0 unspecified atom stereocenters. The third-order valence-electron chi connectivity index (χ3n) is 21.3. The molecule has 10 aliphatic rings. The van der Waals surface area contributed by atoms with Crippen LogP contribution in [0, 0.1) is 75.9 Å². The molecule has 5 N–H and O–H groups in total. The number of phenolic OH excluding ortho intramolecular Hbond substituents is 2. The molecule has 12 rings (SSSR count). The molecule has 0 saturated heterocycles. The van der Waals surface area contributed by atoms with Crippen molar-refractivity contribution in [1.82, 2.24) is 0 Å². The number of ketones is 1. The molecule has 0 spiro atoms. The van der Waals surface area contributed by atoms with Crippen LogP contribution in [0.15, 0.2) is 48.0 Å². The molecule has 8 heteroatoms. The Bertz CT molecular complexity index is 2290. The van der Waals surface area contributed by atoms with Crippen molar-refractivity contribution in [3.8, 4) is 23.8 Å². The third kappa shape index (κ3) is 7.33. The fraction of sp³-hybridized carbons (Fsp3) is 0.690. The van der Waals surface area contributed by atoms with Crippen LogP contribution >= 0.6 is 0 Å². The summed E-state index contributed by atoms with van der Waals surface area (Å²) >= 11 is 0. The first kappa shape index (κ1) is 46.1. The lowest BCUT2D eigenvalue weighted by Crippen LogP contribution is -2.53. The van der Waals surface area contributed by atoms with Crippen LogP contribution in [0.5, 0.6) is 11.5 Å². The number of aliphatic hydroxyl groups excluding tert-OH is 3. The van der Waals surface area contributed by atoms with Gasteiger partial charge in [0.2, 0.25) is 0 Å². The third-order valence-corrected chi connectivity index (χ3v) is 21.3. The second-order valence-corrected chi connectivity index (χ2v) is 23.9. The smallest absolute Gasteiger partial charge is 0.304 e. The predicted octanol–water partition coefficient (Wildman–Crippen LogP) is 10.3. The van der Waals surface area contributed by atoms with Gasteiger partial charge in [-0.15, -0.1) is 6.42 Å². The van der Waals surface area contributed by atoms with Gasteiger partial charge in [-0.2, -0.15) is 0 Å². The Morgan fingerprint density at radius 2 is 1.27 bits per heavy atom. The first-order chi connectivity index (χ1) is 31.5. The maximum Gasteiger partial charge on any atom is 0.304 e. The van der Waals surface area contributed by atoms with E-state index in [9.17, 15) is 35.1 Å². The minimum Gasteiger partial charge on any atom is -0.508 e. The molecular weight excluding hydrogens is 825 g/mol. The largest absolute Gasteiger partial charge is 0.508 e. The summed E-state index contributed by atoms with van der Waals surface area (Å²) in [5.41, 5.74) is 6.12. The normalized spacial score (nSPS) is 44.4. The van der Waals surface area contributed by atoms with Crippen molar-refractivity contribution in [1.29, 1.82) is 0 Å². The average molecular weight is 901 g/mol. The van der Waals surface area contributed by atoms with Crippen molar-refractivity contribution in [3.63, 3.8) is 0 Å². The lowest BCUT2D eigenvalue weighted by Gasteiger charge is -2.55. The Balaban J connectivity index is 0.000000117. The molecule has 0 radical (unpaired) electrons. The first-order valence-electron chi connectivity index (χ1n) is 26.1. The molecule has 7 fully saturated rings. The van der Waals surface area contributed by atoms with E-state index in [1.54, 1.807) is 6.07 Å². The van der Waals surface area contributed by atoms with Crippen LogP contribution in [0.3, 0.4) is 0 Å². The highest BCUT2D eigenvalue weighted by Crippen LogP contribution is 2.66. The van der Waals surface area contributed by atoms with Gasteiger partial charge in [-0.3, -0.25) is 9.59 Å². The molecule has 356 valence electrons. The number of carbonyl (C=O) groups is 2. The number of hydrogen-bond donors (Lipinski definition) is 5. The molecule has 2 aromatic rings. The number of esters is 1. The summed E-state index contributed by atoms with van der Waals surface area (Å²) < 4.78 is 5.79. The Morgan fingerprint density at radius 1 is 0.652 bits per heavy atom. The highest BCUT2D eigenvalue weighted by atomic mass is 16.6. The van der Waals surface area contributed by atoms with Gasteiger partial charge in [0.25, 0.3) is 0 Å². The summed E-state index contributed by atoms with van der Waals surface area (Å²) in [6.07, 6.45) is 26.4. The van der Waals surface area contributed by atoms with Crippen molar-refractivity contribution in [2.75, 3.05) is 0 Å². The van der Waals surface area contributed by atoms with Gasteiger partial charge in [0.15, 0.2) is 11.4 Å². The molecule has 8 nitrogen and oxygen atoms in total. The number of aliphatic hydroxyl groups is 3. The number of hydrogen-bond acceptors (Lipinski definition) is 8. The summed E-state index contributed by atoms with van der Waals surface area (Å²) in [6.45, 7) is 8.22. The molecule has 10 aliphatic carbocycles. The van der Waals surface area contributed by atoms with Crippen LogP contribution in [0.2, 0.25) is 0 Å². The molecule has 7 saturated carbocycles. The standard InChI is InChI=1S/C22H28O3.C18H24O3.C18H24O2/c1-4-22(25-14(2)23)12-10-20-19-7-5-15-13-16(24)6-8-17(15)18(19)9-11-21(20,22)3;1-18-7-6-13-12-5-3-11(19)8-10(12)2-4-14(13)15(18)9-16(20)17(18)21;1-18-9-8-14-13-5-3-12(19)10-11(13)2-4-15(14)16(18)6-7-17(18)20/h1,13,17-20H,5-12H2,2-3H3;3,5,8,13-17,19-21H,2,4,6-7,9H2,1H3;3,5,10,14-17,19-20H,2,4,6-9H2,1H3/t17-,18+,19+,20-,21-,22-;13-,14-,15+,16-,17+,18+;14-,15-,16+,17+,18+/m011/s1. The number of carbonyl (C=O) groups excluding carboxylic acids is 2. The first-order valence-corrected chi connectivity index (χ1v) is 26.1. The molecule has 0 aromatic heterocycles. The number of terminal acetylenes is 1. The fourth-order valence-corrected chi connectivity index (χ4v) is 18.0. The van der Waals surface area contributed by atoms with Gasteiger partial charge in [0, 0.05) is 18.8 Å². The quantitative estimate of drug-likeness (QED) is 0.141. The Kier molecular flexibility index (Phi) is 11.9. The fourth-order valence-electron chi connectivity index (χ4n) is 18.0. The van der Waals surface area contributed by atoms with Crippen LogP contribution in [0.4, 0.5) is 0 Å². The zero-order chi connectivity index (χ0) is 46.5. The van der Waals surface area contributed by atoms with Gasteiger partial charge in [-0.1, -0.05) is 44.4 Å². The Hall–Kier alpha value is -3.64. The van der Waals surface area contributed by atoms with E-state index >= 15 is 0 Å². The van der Waals surface area contributed by atoms with Crippen molar-refractivity contribution >= 4 is 11.8 Å². The van der Waals surface area contributed by atoms with Crippen LogP contribution in [-0.4, -0.2) is 61.2 Å². The predicted molar refractivity (Wildman–Crippen MR) is 254 cm³/mol. The van der Waals surface area contributed by atoms with Crippen LogP contribution in [0.25, 0.3) is 0 Å². The Labute approximate surface area is 393 Å². The van der Waals surface area contributed by atoms with E-state index in [0.29, 0.717) is 77.0 Å². The molecule has 0 aliphatic heterocycles. The summed E-state index contributed by atoms with van der Waals surface area (Å²) in [5.74, 6) is 9.77. The number of aromatic hydroxyl groups is 2. The maximum atomic E-state index is 11.8. The van der Waals surface area contributed by atoms with Crippen molar-refractivity contribution in [2.24, 2.45) is 63.6 Å². The summed E-state index contributed by atoms with van der Waals surface area (Å²) in [6, 6.07) is 11.8. The Morgan fingerprint density at radius 3 is 1.91 bits per heavy atom. The van der Waals surface area contributed by atoms with E-state index in [1.165, 1.54) is 54.0 Å². The van der Waals surface area contributed by atoms with Crippen molar-refractivity contribution in [3.05, 3.63) is 70.3 Å². The summed E-state index contributed by atoms with van der Waals surface area (Å²) in [7, 11) is 0. The molecule has 17 atom stereocenters. The average Bonchev–Trinajstić information content (AvgIpc) is 3.86. The van der Waals surface area contributed by atoms with E-state index in [4.69, 9.17) is 11.2 Å². The molecule has 0 amide bonds. The van der Waals surface area contributed by atoms with Crippen molar-refractivity contribution < 1.29 is 39.9 Å². The number of phenols is 2. The van der Waals surface area contributed by atoms with Gasteiger partial charge in [0.1, 0.15) is 11.5 Å². The van der Waals surface area contributed by atoms with Crippen molar-refractivity contribution in [2.45, 2.75) is 185 Å². The topological polar surface area (TPSA) is 145 Å². The van der Waals surface area contributed by atoms with E-state index in [1.807, 2.05) is 24.3 Å². The zero-order valence-corrected chi connectivity index (χ0v) is 40.0. The molecule has 0 bridgehead atoms. The second-order valence-electron chi connectivity index (χ2n) is 23.9. The van der Waals surface area contributed by atoms with Crippen LogP contribution in [0.1, 0.15) is 171 Å². The lowest BCUT2D eigenvalue weighted by molar-refractivity contribution is -0.167. The summed E-state index contributed by atoms with van der Waals surface area (Å²) in [5, 5.41) is 50.3. The van der Waals surface area contributed by atoms with Gasteiger partial charge in [-0.25, -0.2) is 0 Å². The highest BCUT2D eigenvalue weighted by Gasteiger charge is 2.64. The van der Waals surface area contributed by atoms with E-state index in [-0.39, 0.29) is 28.3 Å². The minimum atomic E-state index is -0.729. The summed E-state index contributed by atoms with van der Waals surface area (Å²) in [4.78, 5) is 23.5. The van der Waals surface area contributed by atoms with E-state index in [0.717, 1.165) is 102 Å². The number of rotatable bonds is 1. The van der Waals surface area contributed by atoms with Gasteiger partial charge in [0.05, 0.1) is 18.3 Å². The van der Waals surface area contributed by atoms with Crippen LogP contribution in [-0.2, 0) is 27.2 Å². The number of allylic oxidation sites excluding steroid dienone is 1. The molecule has 0 heterocycles. The number of aryl methyl sites for hydroxylation is 2. The maximum absolute atomic E-state index is 11.8. The molecule has 2 aromatic carbocycles. The van der Waals surface area contributed by atoms with E-state index < -0.39 is 17.8 Å². The number of ether oxygens (including phenoxy) is 1. The monoisotopic (exact) mass is 901 g/mol. The SMILES string of the molecule is C#C[C@]1(OC(C)=O)CC[C@H]2[C@@H]3CCC4=CC(=O)CC[C@@H]4[C@H]3CC[C@@]21C.C[C@]12CC[C@@H]3c4ccc(O)cc4CC[C@H]3[C@@H]1CC[C@@H]2O.C[C@]12CC[C@@H]3c4ccc(O)cc4CC[C@H]3[C@@H]1C[C@@H](O)[C@@H]2O. The van der Waals surface area contributed by atoms with Gasteiger partial charge in [-0.05, 0) is 238 Å². The highest BCUT2D eigenvalue weighted by molar-refractivity contribution is 5.91. The van der Waals surface area contributed by atoms with Gasteiger partial charge >= 0.3 is 5.97 Å². The number of benzene rings is 2.